The Bertz CT molecular complexity index is 1280. The average molecular weight is 546 g/mol. The highest BCUT2D eigenvalue weighted by atomic mass is 19.1. The summed E-state index contributed by atoms with van der Waals surface area (Å²) >= 11 is 0. The molecular formula is C32H40FN5O2. The van der Waals surface area contributed by atoms with E-state index in [4.69, 9.17) is 10.5 Å². The van der Waals surface area contributed by atoms with Gasteiger partial charge in [0.15, 0.2) is 0 Å². The lowest BCUT2D eigenvalue weighted by atomic mass is 9.91. The maximum Gasteiger partial charge on any atom is 0.257 e. The molecule has 1 saturated heterocycles. The quantitative estimate of drug-likeness (QED) is 0.373. The molecule has 2 atom stereocenters. The minimum Gasteiger partial charge on any atom is -0.438 e. The Morgan fingerprint density at radius 1 is 1.05 bits per heavy atom. The lowest BCUT2D eigenvalue weighted by molar-refractivity contribution is 0.0922. The van der Waals surface area contributed by atoms with E-state index in [0.29, 0.717) is 17.8 Å². The zero-order valence-corrected chi connectivity index (χ0v) is 23.4. The van der Waals surface area contributed by atoms with Gasteiger partial charge in [0, 0.05) is 43.8 Å². The van der Waals surface area contributed by atoms with Crippen LogP contribution < -0.4 is 21.1 Å². The Labute approximate surface area is 236 Å². The number of pyridine rings is 1. The summed E-state index contributed by atoms with van der Waals surface area (Å²) in [5.41, 5.74) is 9.43. The van der Waals surface area contributed by atoms with E-state index in [-0.39, 0.29) is 29.4 Å². The van der Waals surface area contributed by atoms with Crippen molar-refractivity contribution in [1.29, 1.82) is 0 Å². The number of hydrogen-bond donors (Lipinski definition) is 3. The largest absolute Gasteiger partial charge is 0.438 e. The minimum absolute atomic E-state index is 0.0127. The number of carbonyl (C=O) groups excluding carboxylic acids is 1. The highest BCUT2D eigenvalue weighted by Gasteiger charge is 2.24. The van der Waals surface area contributed by atoms with Crippen LogP contribution in [0.1, 0.15) is 55.5 Å². The summed E-state index contributed by atoms with van der Waals surface area (Å²) in [7, 11) is 0. The number of hydrogen-bond acceptors (Lipinski definition) is 6. The zero-order chi connectivity index (χ0) is 28.1. The fourth-order valence-corrected chi connectivity index (χ4v) is 5.82. The van der Waals surface area contributed by atoms with Crippen molar-refractivity contribution in [2.24, 2.45) is 5.73 Å². The van der Waals surface area contributed by atoms with Gasteiger partial charge in [-0.25, -0.2) is 9.37 Å². The molecule has 1 amide bonds. The molecule has 3 aromatic rings. The molecule has 1 saturated carbocycles. The van der Waals surface area contributed by atoms with Gasteiger partial charge in [0.05, 0.1) is 6.20 Å². The minimum atomic E-state index is -0.585. The van der Waals surface area contributed by atoms with Crippen molar-refractivity contribution in [1.82, 2.24) is 20.5 Å². The molecule has 0 spiro atoms. The Hall–Kier alpha value is -3.33. The number of rotatable bonds is 8. The lowest BCUT2D eigenvalue weighted by Gasteiger charge is -2.36. The van der Waals surface area contributed by atoms with Gasteiger partial charge >= 0.3 is 0 Å². The van der Waals surface area contributed by atoms with Crippen LogP contribution in [-0.4, -0.2) is 59.6 Å². The smallest absolute Gasteiger partial charge is 0.257 e. The molecule has 4 N–H and O–H groups in total. The fourth-order valence-electron chi connectivity index (χ4n) is 5.82. The molecule has 5 rings (SSSR count). The fraction of sp³-hybridized carbons (Fsp3) is 0.438. The van der Waals surface area contributed by atoms with Crippen molar-refractivity contribution in [2.45, 2.75) is 70.1 Å². The number of nitrogens with zero attached hydrogens (tertiary/aromatic N) is 2. The normalized spacial score (nSPS) is 23.5. The second-order valence-electron chi connectivity index (χ2n) is 11.4. The van der Waals surface area contributed by atoms with E-state index in [1.54, 1.807) is 0 Å². The number of amides is 1. The first kappa shape index (κ1) is 28.2. The van der Waals surface area contributed by atoms with Gasteiger partial charge < -0.3 is 21.1 Å². The third-order valence-electron chi connectivity index (χ3n) is 7.86. The molecule has 2 aliphatic rings. The number of piperazine rings is 1. The molecule has 1 aromatic heterocycles. The predicted octanol–water partition coefficient (Wildman–Crippen LogP) is 4.90. The number of nitrogens with one attached hydrogen (secondary N) is 2. The topological polar surface area (TPSA) is 92.5 Å². The molecule has 2 aromatic carbocycles. The van der Waals surface area contributed by atoms with Crippen LogP contribution in [0.3, 0.4) is 0 Å². The van der Waals surface area contributed by atoms with Crippen LogP contribution in [0.15, 0.2) is 60.8 Å². The van der Waals surface area contributed by atoms with E-state index in [1.165, 1.54) is 11.6 Å². The van der Waals surface area contributed by atoms with Gasteiger partial charge in [-0.15, -0.1) is 0 Å². The van der Waals surface area contributed by atoms with Crippen LogP contribution in [0.25, 0.3) is 11.1 Å². The summed E-state index contributed by atoms with van der Waals surface area (Å²) in [4.78, 5) is 19.7. The van der Waals surface area contributed by atoms with E-state index in [1.807, 2.05) is 24.3 Å². The van der Waals surface area contributed by atoms with Crippen LogP contribution in [0, 0.1) is 5.82 Å². The molecule has 0 radical (unpaired) electrons. The van der Waals surface area contributed by atoms with Crippen molar-refractivity contribution in [3.63, 3.8) is 0 Å². The zero-order valence-electron chi connectivity index (χ0n) is 23.4. The van der Waals surface area contributed by atoms with Gasteiger partial charge in [-0.3, -0.25) is 9.69 Å². The third kappa shape index (κ3) is 7.44. The second kappa shape index (κ2) is 12.9. The number of aromatic nitrogens is 1. The summed E-state index contributed by atoms with van der Waals surface area (Å²) < 4.78 is 20.1. The number of benzene rings is 2. The molecule has 1 aliphatic heterocycles. The lowest BCUT2D eigenvalue weighted by Crippen LogP contribution is -2.54. The number of ether oxygens (including phenoxy) is 1. The van der Waals surface area contributed by atoms with Gasteiger partial charge in [-0.1, -0.05) is 36.4 Å². The number of halogens is 1. The van der Waals surface area contributed by atoms with E-state index < -0.39 is 5.82 Å². The molecule has 212 valence electrons. The SMILES string of the molecule is C[C@@H]1CN(CCc2ccc(-c3cccc(Oc4ncc(F)cc4C(=O)N[C@H]4CC[C@H](N)CC4)c3)cc2)C[C@H](C)N1. The Morgan fingerprint density at radius 3 is 2.50 bits per heavy atom. The van der Waals surface area contributed by atoms with E-state index in [2.05, 4.69) is 58.6 Å². The Balaban J connectivity index is 1.24. The van der Waals surface area contributed by atoms with Crippen molar-refractivity contribution >= 4 is 5.91 Å². The standard InChI is InChI=1S/C32H40FN5O2/c1-21-19-38(20-22(2)36-21)15-14-23-6-8-24(9-7-23)25-4-3-5-29(16-25)40-32-30(17-26(33)18-35-32)31(39)37-28-12-10-27(34)11-13-28/h3-9,16-18,21-22,27-28,36H,10-15,19-20,34H2,1-2H3,(H,37,39)/t21-,22+,27-,28-. The van der Waals surface area contributed by atoms with Crippen LogP contribution >= 0.6 is 0 Å². The van der Waals surface area contributed by atoms with Gasteiger partial charge in [-0.05, 0) is 80.8 Å². The maximum atomic E-state index is 14.1. The molecule has 2 fully saturated rings. The monoisotopic (exact) mass is 545 g/mol. The first-order valence-electron chi connectivity index (χ1n) is 14.4. The first-order chi connectivity index (χ1) is 19.3. The molecule has 2 heterocycles. The predicted molar refractivity (Wildman–Crippen MR) is 156 cm³/mol. The average Bonchev–Trinajstić information content (AvgIpc) is 2.94. The van der Waals surface area contributed by atoms with E-state index in [9.17, 15) is 9.18 Å². The summed E-state index contributed by atoms with van der Waals surface area (Å²) in [5, 5.41) is 6.59. The summed E-state index contributed by atoms with van der Waals surface area (Å²) in [6.45, 7) is 7.69. The van der Waals surface area contributed by atoms with Crippen LogP contribution in [-0.2, 0) is 6.42 Å². The Morgan fingerprint density at radius 2 is 1.77 bits per heavy atom. The number of nitrogens with two attached hydrogens (primary N) is 1. The maximum absolute atomic E-state index is 14.1. The molecular weight excluding hydrogens is 505 g/mol. The molecule has 1 aliphatic carbocycles. The number of carbonyl (C=O) groups is 1. The van der Waals surface area contributed by atoms with Gasteiger partial charge in [-0.2, -0.15) is 0 Å². The molecule has 7 nitrogen and oxygen atoms in total. The molecule has 0 unspecified atom stereocenters. The summed E-state index contributed by atoms with van der Waals surface area (Å²) in [6.07, 6.45) is 5.41. The van der Waals surface area contributed by atoms with Crippen LogP contribution in [0.4, 0.5) is 4.39 Å². The molecule has 8 heteroatoms. The van der Waals surface area contributed by atoms with Crippen LogP contribution in [0.5, 0.6) is 11.6 Å². The highest BCUT2D eigenvalue weighted by Crippen LogP contribution is 2.29. The van der Waals surface area contributed by atoms with Gasteiger partial charge in [0.25, 0.3) is 5.91 Å². The van der Waals surface area contributed by atoms with Crippen molar-refractivity contribution in [3.05, 3.63) is 77.7 Å². The van der Waals surface area contributed by atoms with Gasteiger partial charge in [0.1, 0.15) is 17.1 Å². The van der Waals surface area contributed by atoms with E-state index in [0.717, 1.165) is 69.1 Å². The summed E-state index contributed by atoms with van der Waals surface area (Å²) in [5.74, 6) is -0.368. The van der Waals surface area contributed by atoms with Crippen molar-refractivity contribution in [3.8, 4) is 22.8 Å². The summed E-state index contributed by atoms with van der Waals surface area (Å²) in [6, 6.07) is 18.7. The van der Waals surface area contributed by atoms with Crippen LogP contribution in [0.2, 0.25) is 0 Å². The van der Waals surface area contributed by atoms with Crippen molar-refractivity contribution < 1.29 is 13.9 Å². The van der Waals surface area contributed by atoms with Crippen molar-refractivity contribution in [2.75, 3.05) is 19.6 Å². The molecule has 40 heavy (non-hydrogen) atoms. The third-order valence-corrected chi connectivity index (χ3v) is 7.86. The second-order valence-corrected chi connectivity index (χ2v) is 11.4. The Kier molecular flexibility index (Phi) is 9.09. The highest BCUT2D eigenvalue weighted by molar-refractivity contribution is 5.96. The first-order valence-corrected chi connectivity index (χ1v) is 14.4. The molecule has 0 bridgehead atoms. The van der Waals surface area contributed by atoms with Gasteiger partial charge in [0.2, 0.25) is 5.88 Å². The van der Waals surface area contributed by atoms with E-state index >= 15 is 0 Å².